The fourth-order valence-corrected chi connectivity index (χ4v) is 2.30. The summed E-state index contributed by atoms with van der Waals surface area (Å²) in [5.74, 6) is 5.94. The van der Waals surface area contributed by atoms with Crippen LogP contribution in [-0.2, 0) is 0 Å². The number of amides is 1. The summed E-state index contributed by atoms with van der Waals surface area (Å²) in [6.45, 7) is 0.257. The molecule has 0 bridgehead atoms. The summed E-state index contributed by atoms with van der Waals surface area (Å²) in [4.78, 5) is 12.2. The van der Waals surface area contributed by atoms with Crippen LogP contribution < -0.4 is 11.1 Å². The van der Waals surface area contributed by atoms with Gasteiger partial charge in [-0.3, -0.25) is 4.79 Å². The second-order valence-electron chi connectivity index (χ2n) is 5.36. The van der Waals surface area contributed by atoms with E-state index >= 15 is 0 Å². The minimum atomic E-state index is -0.218. The summed E-state index contributed by atoms with van der Waals surface area (Å²) in [6.07, 6.45) is 1.40. The number of hydrogen-bond donors (Lipinski definition) is 2. The third-order valence-electron chi connectivity index (χ3n) is 3.64. The van der Waals surface area contributed by atoms with E-state index in [4.69, 9.17) is 11.0 Å². The molecule has 0 aliphatic heterocycles. The van der Waals surface area contributed by atoms with Crippen molar-refractivity contribution in [3.05, 3.63) is 77.5 Å². The molecule has 1 amide bonds. The Morgan fingerprint density at radius 2 is 1.88 bits per heavy atom. The topological polar surface area (TPSA) is 96.7 Å². The average molecular weight is 341 g/mol. The zero-order valence-electron chi connectivity index (χ0n) is 13.8. The monoisotopic (exact) mass is 341 g/mol. The maximum atomic E-state index is 12.2. The first kappa shape index (κ1) is 16.8. The first-order valence-corrected chi connectivity index (χ1v) is 7.85. The summed E-state index contributed by atoms with van der Waals surface area (Å²) in [7, 11) is 0. The summed E-state index contributed by atoms with van der Waals surface area (Å²) >= 11 is 0. The second-order valence-corrected chi connectivity index (χ2v) is 5.36. The molecular weight excluding hydrogens is 326 g/mol. The number of aromatic nitrogens is 2. The second kappa shape index (κ2) is 7.69. The number of anilines is 1. The van der Waals surface area contributed by atoms with Gasteiger partial charge in [0.1, 0.15) is 17.5 Å². The molecule has 3 aromatic rings. The largest absolute Gasteiger partial charge is 0.382 e. The predicted octanol–water partition coefficient (Wildman–Crippen LogP) is 2.11. The molecule has 6 heteroatoms. The molecule has 0 spiro atoms. The normalized spacial score (nSPS) is 9.65. The average Bonchev–Trinajstić information content (AvgIpc) is 3.06. The van der Waals surface area contributed by atoms with Crippen molar-refractivity contribution in [2.24, 2.45) is 0 Å². The van der Waals surface area contributed by atoms with Gasteiger partial charge in [-0.05, 0) is 36.4 Å². The van der Waals surface area contributed by atoms with Crippen LogP contribution in [0, 0.1) is 23.2 Å². The van der Waals surface area contributed by atoms with Crippen LogP contribution in [0.1, 0.15) is 21.5 Å². The van der Waals surface area contributed by atoms with Gasteiger partial charge in [0.05, 0.1) is 18.4 Å². The molecule has 0 aliphatic carbocycles. The smallest absolute Gasteiger partial charge is 0.252 e. The molecule has 0 saturated carbocycles. The highest BCUT2D eigenvalue weighted by Gasteiger charge is 2.09. The summed E-state index contributed by atoms with van der Waals surface area (Å²) < 4.78 is 1.45. The molecule has 0 unspecified atom stereocenters. The number of carbonyl (C=O) groups excluding carboxylic acids is 1. The van der Waals surface area contributed by atoms with Crippen molar-refractivity contribution in [3.63, 3.8) is 0 Å². The summed E-state index contributed by atoms with van der Waals surface area (Å²) in [5, 5.41) is 15.7. The highest BCUT2D eigenvalue weighted by atomic mass is 16.1. The molecule has 0 aliphatic rings. The van der Waals surface area contributed by atoms with Crippen molar-refractivity contribution in [1.29, 1.82) is 5.26 Å². The molecule has 0 saturated heterocycles. The van der Waals surface area contributed by atoms with Gasteiger partial charge in [-0.25, -0.2) is 4.68 Å². The van der Waals surface area contributed by atoms with E-state index in [1.807, 2.05) is 36.4 Å². The van der Waals surface area contributed by atoms with Crippen molar-refractivity contribution in [2.75, 3.05) is 12.3 Å². The van der Waals surface area contributed by atoms with Gasteiger partial charge in [-0.2, -0.15) is 10.4 Å². The SMILES string of the molecule is N#Cc1cnn(-c2ccc(C(=O)NCC#Cc3ccccc3)cc2)c1N. The quantitative estimate of drug-likeness (QED) is 0.713. The number of nitrogens with two attached hydrogens (primary N) is 1. The Morgan fingerprint density at radius 1 is 1.15 bits per heavy atom. The van der Waals surface area contributed by atoms with Crippen LogP contribution in [0.3, 0.4) is 0 Å². The number of nitrogens with one attached hydrogen (secondary N) is 1. The molecule has 0 atom stereocenters. The molecule has 2 aromatic carbocycles. The van der Waals surface area contributed by atoms with E-state index in [0.717, 1.165) is 5.56 Å². The highest BCUT2D eigenvalue weighted by molar-refractivity contribution is 5.94. The van der Waals surface area contributed by atoms with E-state index in [1.54, 1.807) is 24.3 Å². The van der Waals surface area contributed by atoms with E-state index in [9.17, 15) is 4.79 Å². The van der Waals surface area contributed by atoms with Gasteiger partial charge in [0.2, 0.25) is 0 Å². The van der Waals surface area contributed by atoms with Crippen LogP contribution in [0.4, 0.5) is 5.82 Å². The number of benzene rings is 2. The van der Waals surface area contributed by atoms with E-state index in [2.05, 4.69) is 22.3 Å². The van der Waals surface area contributed by atoms with Crippen LogP contribution in [0.2, 0.25) is 0 Å². The number of hydrogen-bond acceptors (Lipinski definition) is 4. The van der Waals surface area contributed by atoms with Crippen molar-refractivity contribution >= 4 is 11.7 Å². The van der Waals surface area contributed by atoms with E-state index < -0.39 is 0 Å². The molecule has 3 N–H and O–H groups in total. The van der Waals surface area contributed by atoms with Gasteiger partial charge in [0, 0.05) is 11.1 Å². The minimum Gasteiger partial charge on any atom is -0.382 e. The van der Waals surface area contributed by atoms with Crippen LogP contribution >= 0.6 is 0 Å². The summed E-state index contributed by atoms with van der Waals surface area (Å²) in [5.41, 5.74) is 8.24. The zero-order valence-corrected chi connectivity index (χ0v) is 13.8. The number of nitrogen functional groups attached to an aromatic ring is 1. The number of nitriles is 1. The molecule has 6 nitrogen and oxygen atoms in total. The van der Waals surface area contributed by atoms with E-state index in [0.29, 0.717) is 16.8 Å². The highest BCUT2D eigenvalue weighted by Crippen LogP contribution is 2.16. The van der Waals surface area contributed by atoms with Gasteiger partial charge < -0.3 is 11.1 Å². The van der Waals surface area contributed by atoms with Gasteiger partial charge in [-0.15, -0.1) is 0 Å². The van der Waals surface area contributed by atoms with Gasteiger partial charge in [0.15, 0.2) is 0 Å². The van der Waals surface area contributed by atoms with Crippen molar-refractivity contribution in [1.82, 2.24) is 15.1 Å². The lowest BCUT2D eigenvalue weighted by Crippen LogP contribution is -2.23. The molecule has 1 heterocycles. The molecule has 3 rings (SSSR count). The number of carbonyl (C=O) groups is 1. The number of rotatable bonds is 3. The van der Waals surface area contributed by atoms with Crippen LogP contribution in [0.15, 0.2) is 60.8 Å². The lowest BCUT2D eigenvalue weighted by molar-refractivity contribution is 0.0958. The Morgan fingerprint density at radius 3 is 2.54 bits per heavy atom. The van der Waals surface area contributed by atoms with Crippen LogP contribution in [0.25, 0.3) is 5.69 Å². The maximum absolute atomic E-state index is 12.2. The molecule has 1 aromatic heterocycles. The Kier molecular flexibility index (Phi) is 4.98. The number of nitrogens with zero attached hydrogens (tertiary/aromatic N) is 3. The fourth-order valence-electron chi connectivity index (χ4n) is 2.30. The van der Waals surface area contributed by atoms with E-state index in [1.165, 1.54) is 10.9 Å². The van der Waals surface area contributed by atoms with Gasteiger partial charge >= 0.3 is 0 Å². The Hall–Kier alpha value is -4.03. The minimum absolute atomic E-state index is 0.218. The Balaban J connectivity index is 1.63. The molecule has 126 valence electrons. The van der Waals surface area contributed by atoms with E-state index in [-0.39, 0.29) is 18.3 Å². The third kappa shape index (κ3) is 3.72. The van der Waals surface area contributed by atoms with Gasteiger partial charge in [0.25, 0.3) is 5.91 Å². The fraction of sp³-hybridized carbons (Fsp3) is 0.0500. The van der Waals surface area contributed by atoms with Crippen molar-refractivity contribution in [2.45, 2.75) is 0 Å². The standard InChI is InChI=1S/C20H15N5O/c21-13-17-14-24-25(19(17)22)18-10-8-16(9-11-18)20(26)23-12-4-7-15-5-2-1-3-6-15/h1-3,5-6,8-11,14H,12,22H2,(H,23,26). The Bertz CT molecular complexity index is 1020. The third-order valence-corrected chi connectivity index (χ3v) is 3.64. The first-order chi connectivity index (χ1) is 12.7. The van der Waals surface area contributed by atoms with Crippen molar-refractivity contribution in [3.8, 4) is 23.6 Å². The molecule has 0 fully saturated rings. The zero-order chi connectivity index (χ0) is 18.4. The van der Waals surface area contributed by atoms with Crippen LogP contribution in [0.5, 0.6) is 0 Å². The van der Waals surface area contributed by atoms with Gasteiger partial charge in [-0.1, -0.05) is 30.0 Å². The summed E-state index contributed by atoms with van der Waals surface area (Å²) in [6, 6.07) is 18.3. The first-order valence-electron chi connectivity index (χ1n) is 7.85. The molecular formula is C20H15N5O. The van der Waals surface area contributed by atoms with Crippen molar-refractivity contribution < 1.29 is 4.79 Å². The molecule has 0 radical (unpaired) electrons. The lowest BCUT2D eigenvalue weighted by atomic mass is 10.2. The lowest BCUT2D eigenvalue weighted by Gasteiger charge is -2.06. The Labute approximate surface area is 150 Å². The molecule has 26 heavy (non-hydrogen) atoms. The van der Waals surface area contributed by atoms with Crippen LogP contribution in [-0.4, -0.2) is 22.2 Å². The predicted molar refractivity (Wildman–Crippen MR) is 98.3 cm³/mol. The maximum Gasteiger partial charge on any atom is 0.252 e.